The number of carbonyl (C=O) groups excluding carboxylic acids is 2. The van der Waals surface area contributed by atoms with Crippen molar-refractivity contribution in [2.75, 3.05) is 0 Å². The van der Waals surface area contributed by atoms with Crippen LogP contribution in [0.1, 0.15) is 36.1 Å². The Labute approximate surface area is 181 Å². The molecule has 0 aliphatic rings. The van der Waals surface area contributed by atoms with E-state index in [1.54, 1.807) is 26.0 Å². The number of guanidine groups is 2. The van der Waals surface area contributed by atoms with Gasteiger partial charge in [-0.1, -0.05) is 48.5 Å². The number of hydrogen-bond acceptors (Lipinski definition) is 2. The zero-order chi connectivity index (χ0) is 23.0. The van der Waals surface area contributed by atoms with Gasteiger partial charge < -0.3 is 22.9 Å². The second-order valence-electron chi connectivity index (χ2n) is 6.91. The molecule has 0 saturated heterocycles. The third-order valence-corrected chi connectivity index (χ3v) is 4.37. The summed E-state index contributed by atoms with van der Waals surface area (Å²) in [5.41, 5.74) is 25.7. The summed E-state index contributed by atoms with van der Waals surface area (Å²) in [5, 5.41) is 0. The Kier molecular flexibility index (Phi) is 7.85. The average Bonchev–Trinajstić information content (AvgIpc) is 2.69. The second kappa shape index (κ2) is 10.5. The first-order chi connectivity index (χ1) is 14.7. The summed E-state index contributed by atoms with van der Waals surface area (Å²) in [4.78, 5) is 31.3. The molecule has 31 heavy (non-hydrogen) atoms. The molecule has 8 heteroatoms. The number of carbonyl (C=O) groups is 2. The van der Waals surface area contributed by atoms with E-state index in [1.807, 2.05) is 48.5 Å². The van der Waals surface area contributed by atoms with E-state index in [-0.39, 0.29) is 11.9 Å². The number of nitrogens with zero attached hydrogens (tertiary/aromatic N) is 2. The van der Waals surface area contributed by atoms with Gasteiger partial charge in [-0.25, -0.2) is 0 Å². The van der Waals surface area contributed by atoms with Crippen LogP contribution in [0.15, 0.2) is 69.7 Å². The molecule has 2 amide bonds. The fourth-order valence-corrected chi connectivity index (χ4v) is 2.88. The lowest BCUT2D eigenvalue weighted by Crippen LogP contribution is -2.24. The van der Waals surface area contributed by atoms with Crippen LogP contribution in [0.3, 0.4) is 0 Å². The Hall–Kier alpha value is -4.20. The molecule has 0 saturated carbocycles. The molecule has 8 nitrogen and oxygen atoms in total. The summed E-state index contributed by atoms with van der Waals surface area (Å²) in [6, 6.07) is 15.4. The molecule has 0 bridgehead atoms. The summed E-state index contributed by atoms with van der Waals surface area (Å²) in [7, 11) is 0. The standard InChI is InChI=1S/C23H26N6O2/c1-14(20(30)28-22(24)25)11-16-7-3-5-9-18(16)13-19-10-6-4-8-17(19)12-15(2)21(31)29-23(26)27/h3-12H,13H2,1-2H3,(H4,24,25,28,30)(H4,26,27,29,31). The molecule has 160 valence electrons. The van der Waals surface area contributed by atoms with Crippen LogP contribution in [0.5, 0.6) is 0 Å². The van der Waals surface area contributed by atoms with Crippen molar-refractivity contribution in [3.8, 4) is 0 Å². The van der Waals surface area contributed by atoms with Crippen molar-refractivity contribution in [2.45, 2.75) is 20.3 Å². The molecule has 2 rings (SSSR count). The van der Waals surface area contributed by atoms with E-state index in [0.717, 1.165) is 22.3 Å². The maximum atomic E-state index is 12.1. The molecular formula is C23H26N6O2. The molecule has 0 atom stereocenters. The maximum Gasteiger partial charge on any atom is 0.275 e. The van der Waals surface area contributed by atoms with Crippen LogP contribution in [0.2, 0.25) is 0 Å². The largest absolute Gasteiger partial charge is 0.370 e. The van der Waals surface area contributed by atoms with Gasteiger partial charge in [-0.3, -0.25) is 9.59 Å². The van der Waals surface area contributed by atoms with E-state index in [1.165, 1.54) is 0 Å². The maximum absolute atomic E-state index is 12.1. The number of nitrogens with two attached hydrogens (primary N) is 4. The van der Waals surface area contributed by atoms with Crippen LogP contribution in [-0.4, -0.2) is 23.7 Å². The fraction of sp³-hybridized carbons (Fsp3) is 0.130. The smallest absolute Gasteiger partial charge is 0.275 e. The Bertz CT molecular complexity index is 1020. The first kappa shape index (κ1) is 23.1. The Morgan fingerprint density at radius 2 is 1.06 bits per heavy atom. The van der Waals surface area contributed by atoms with Crippen LogP contribution >= 0.6 is 0 Å². The van der Waals surface area contributed by atoms with E-state index in [2.05, 4.69) is 9.98 Å². The van der Waals surface area contributed by atoms with Crippen molar-refractivity contribution in [3.63, 3.8) is 0 Å². The zero-order valence-electron chi connectivity index (χ0n) is 17.5. The number of aliphatic imine (C=N–C) groups is 2. The minimum absolute atomic E-state index is 0.280. The van der Waals surface area contributed by atoms with Gasteiger partial charge in [0.15, 0.2) is 11.9 Å². The highest BCUT2D eigenvalue weighted by Crippen LogP contribution is 2.22. The normalized spacial score (nSPS) is 11.5. The number of rotatable bonds is 6. The molecule has 2 aromatic rings. The fourth-order valence-electron chi connectivity index (χ4n) is 2.88. The van der Waals surface area contributed by atoms with Crippen LogP contribution in [0.25, 0.3) is 12.2 Å². The third-order valence-electron chi connectivity index (χ3n) is 4.37. The highest BCUT2D eigenvalue weighted by Gasteiger charge is 2.09. The molecule has 0 aliphatic carbocycles. The summed E-state index contributed by atoms with van der Waals surface area (Å²) in [5.74, 6) is -1.55. The number of amides is 2. The molecule has 0 unspecified atom stereocenters. The minimum Gasteiger partial charge on any atom is -0.370 e. The first-order valence-corrected chi connectivity index (χ1v) is 9.47. The van der Waals surface area contributed by atoms with E-state index in [0.29, 0.717) is 17.6 Å². The van der Waals surface area contributed by atoms with Crippen molar-refractivity contribution < 1.29 is 9.59 Å². The molecule has 0 fully saturated rings. The quantitative estimate of drug-likeness (QED) is 0.317. The lowest BCUT2D eigenvalue weighted by molar-refractivity contribution is -0.115. The lowest BCUT2D eigenvalue weighted by Gasteiger charge is -2.10. The second-order valence-corrected chi connectivity index (χ2v) is 6.91. The van der Waals surface area contributed by atoms with Gasteiger partial charge in [0.05, 0.1) is 0 Å². The summed E-state index contributed by atoms with van der Waals surface area (Å²) in [6.07, 6.45) is 4.07. The van der Waals surface area contributed by atoms with Crippen LogP contribution in [-0.2, 0) is 16.0 Å². The molecule has 0 aromatic heterocycles. The van der Waals surface area contributed by atoms with E-state index in [9.17, 15) is 9.59 Å². The van der Waals surface area contributed by atoms with Crippen LogP contribution in [0, 0.1) is 0 Å². The molecular weight excluding hydrogens is 392 g/mol. The molecule has 8 N–H and O–H groups in total. The zero-order valence-corrected chi connectivity index (χ0v) is 17.5. The van der Waals surface area contributed by atoms with Gasteiger partial charge in [0.2, 0.25) is 0 Å². The van der Waals surface area contributed by atoms with Crippen molar-refractivity contribution in [2.24, 2.45) is 32.9 Å². The monoisotopic (exact) mass is 418 g/mol. The molecule has 2 aromatic carbocycles. The predicted octanol–water partition coefficient (Wildman–Crippen LogP) is 1.68. The van der Waals surface area contributed by atoms with Gasteiger partial charge in [0, 0.05) is 11.1 Å². The lowest BCUT2D eigenvalue weighted by atomic mass is 9.94. The van der Waals surface area contributed by atoms with Gasteiger partial charge in [0.1, 0.15) is 0 Å². The first-order valence-electron chi connectivity index (χ1n) is 9.47. The minimum atomic E-state index is -0.494. The summed E-state index contributed by atoms with van der Waals surface area (Å²) < 4.78 is 0. The highest BCUT2D eigenvalue weighted by atomic mass is 16.2. The van der Waals surface area contributed by atoms with E-state index >= 15 is 0 Å². The molecule has 0 spiro atoms. The SMILES string of the molecule is CC(=Cc1ccccc1Cc1ccccc1C=C(C)C(=O)N=C(N)N)C(=O)N=C(N)N. The van der Waals surface area contributed by atoms with Crippen molar-refractivity contribution in [1.82, 2.24) is 0 Å². The number of benzene rings is 2. The Morgan fingerprint density at radius 1 is 0.710 bits per heavy atom. The highest BCUT2D eigenvalue weighted by molar-refractivity contribution is 6.04. The average molecular weight is 419 g/mol. The van der Waals surface area contributed by atoms with Crippen molar-refractivity contribution in [3.05, 3.63) is 81.9 Å². The van der Waals surface area contributed by atoms with Gasteiger partial charge in [0.25, 0.3) is 11.8 Å². The topological polar surface area (TPSA) is 163 Å². The Morgan fingerprint density at radius 3 is 1.42 bits per heavy atom. The van der Waals surface area contributed by atoms with Crippen molar-refractivity contribution in [1.29, 1.82) is 0 Å². The van der Waals surface area contributed by atoms with Crippen LogP contribution < -0.4 is 22.9 Å². The third kappa shape index (κ3) is 6.97. The van der Waals surface area contributed by atoms with Gasteiger partial charge in [-0.05, 0) is 54.7 Å². The molecule has 0 heterocycles. The van der Waals surface area contributed by atoms with Crippen LogP contribution in [0.4, 0.5) is 0 Å². The summed E-state index contributed by atoms with van der Waals surface area (Å²) in [6.45, 7) is 3.31. The predicted molar refractivity (Wildman–Crippen MR) is 125 cm³/mol. The van der Waals surface area contributed by atoms with Gasteiger partial charge >= 0.3 is 0 Å². The van der Waals surface area contributed by atoms with Crippen molar-refractivity contribution >= 4 is 35.9 Å². The van der Waals surface area contributed by atoms with E-state index < -0.39 is 11.8 Å². The number of hydrogen-bond donors (Lipinski definition) is 4. The van der Waals surface area contributed by atoms with E-state index in [4.69, 9.17) is 22.9 Å². The van der Waals surface area contributed by atoms with Gasteiger partial charge in [-0.2, -0.15) is 9.98 Å². The Balaban J connectivity index is 2.40. The molecule has 0 radical (unpaired) electrons. The molecule has 0 aliphatic heterocycles. The van der Waals surface area contributed by atoms with Gasteiger partial charge in [-0.15, -0.1) is 0 Å². The summed E-state index contributed by atoms with van der Waals surface area (Å²) >= 11 is 0.